The first-order chi connectivity index (χ1) is 16.8. The Kier molecular flexibility index (Phi) is 12.3. The van der Waals surface area contributed by atoms with E-state index in [1.165, 1.54) is 4.90 Å². The van der Waals surface area contributed by atoms with Gasteiger partial charge >= 0.3 is 12.1 Å². The third kappa shape index (κ3) is 9.82. The molecule has 0 bridgehead atoms. The van der Waals surface area contributed by atoms with Crippen molar-refractivity contribution in [2.24, 2.45) is 0 Å². The highest BCUT2D eigenvalue weighted by atomic mass is 32.1. The second kappa shape index (κ2) is 14.4. The summed E-state index contributed by atoms with van der Waals surface area (Å²) in [7, 11) is 0. The van der Waals surface area contributed by atoms with Gasteiger partial charge in [0.05, 0.1) is 13.0 Å². The Hall–Kier alpha value is -3.19. The molecule has 0 saturated carbocycles. The zero-order chi connectivity index (χ0) is 27.5. The first kappa shape index (κ1) is 30.8. The molecule has 0 aromatic heterocycles. The molecule has 9 nitrogen and oxygen atoms in total. The molecule has 10 heteroatoms. The summed E-state index contributed by atoms with van der Waals surface area (Å²) < 4.78 is 10.2. The van der Waals surface area contributed by atoms with Crippen LogP contribution in [-0.2, 0) is 23.9 Å². The van der Waals surface area contributed by atoms with Crippen molar-refractivity contribution in [1.29, 1.82) is 0 Å². The number of nitrogens with one attached hydrogen (secondary N) is 2. The third-order valence-corrected chi connectivity index (χ3v) is 5.20. The van der Waals surface area contributed by atoms with Crippen LogP contribution in [0.15, 0.2) is 24.3 Å². The van der Waals surface area contributed by atoms with E-state index >= 15 is 0 Å². The highest BCUT2D eigenvalue weighted by molar-refractivity contribution is 7.80. The van der Waals surface area contributed by atoms with E-state index in [1.807, 2.05) is 0 Å². The summed E-state index contributed by atoms with van der Waals surface area (Å²) in [6.07, 6.45) is 4.67. The minimum absolute atomic E-state index is 0.0164. The predicted octanol–water partition coefficient (Wildman–Crippen LogP) is 2.84. The molecule has 0 fully saturated rings. The standard InChI is InChI=1S/C26H37N3O6S/c1-8-18-10-12-19(13-11-18)22(23(31)27-15-14-21(30)34-9-2)29(17(3)4)24(32)20(16-36)28-25(33)35-26(5,6)7/h1,10-13,17,20,22,36H,9,14-16H2,2-7H3,(H,27,31)(H,28,33). The first-order valence-corrected chi connectivity index (χ1v) is 12.4. The Morgan fingerprint density at radius 3 is 2.22 bits per heavy atom. The Morgan fingerprint density at radius 2 is 1.75 bits per heavy atom. The van der Waals surface area contributed by atoms with E-state index < -0.39 is 47.6 Å². The van der Waals surface area contributed by atoms with Gasteiger partial charge in [-0.3, -0.25) is 14.4 Å². The van der Waals surface area contributed by atoms with Crippen molar-refractivity contribution in [1.82, 2.24) is 15.5 Å². The lowest BCUT2D eigenvalue weighted by Gasteiger charge is -2.37. The van der Waals surface area contributed by atoms with Crippen molar-refractivity contribution in [2.45, 2.75) is 71.7 Å². The molecule has 0 spiro atoms. The molecular weight excluding hydrogens is 482 g/mol. The molecule has 1 aromatic carbocycles. The Balaban J connectivity index is 3.30. The van der Waals surface area contributed by atoms with E-state index in [-0.39, 0.29) is 25.3 Å². The summed E-state index contributed by atoms with van der Waals surface area (Å²) in [5, 5.41) is 5.26. The highest BCUT2D eigenvalue weighted by Gasteiger charge is 2.37. The number of carbonyl (C=O) groups is 4. The van der Waals surface area contributed by atoms with E-state index in [0.29, 0.717) is 11.1 Å². The fourth-order valence-corrected chi connectivity index (χ4v) is 3.56. The van der Waals surface area contributed by atoms with Crippen LogP contribution in [-0.4, -0.2) is 65.4 Å². The molecule has 36 heavy (non-hydrogen) atoms. The van der Waals surface area contributed by atoms with Gasteiger partial charge in [-0.1, -0.05) is 18.1 Å². The molecule has 0 radical (unpaired) electrons. The van der Waals surface area contributed by atoms with E-state index in [2.05, 4.69) is 29.2 Å². The fraction of sp³-hybridized carbons (Fsp3) is 0.538. The van der Waals surface area contributed by atoms with Crippen LogP contribution in [0.3, 0.4) is 0 Å². The van der Waals surface area contributed by atoms with Gasteiger partial charge in [-0.05, 0) is 59.2 Å². The lowest BCUT2D eigenvalue weighted by molar-refractivity contribution is -0.145. The molecule has 3 amide bonds. The number of terminal acetylenes is 1. The largest absolute Gasteiger partial charge is 0.466 e. The Labute approximate surface area is 219 Å². The van der Waals surface area contributed by atoms with E-state index in [4.69, 9.17) is 15.9 Å². The van der Waals surface area contributed by atoms with Crippen molar-refractivity contribution in [3.63, 3.8) is 0 Å². The molecule has 0 aliphatic carbocycles. The van der Waals surface area contributed by atoms with Crippen molar-refractivity contribution in [2.75, 3.05) is 18.9 Å². The molecule has 2 atom stereocenters. The van der Waals surface area contributed by atoms with Crippen molar-refractivity contribution in [3.05, 3.63) is 35.4 Å². The van der Waals surface area contributed by atoms with Crippen LogP contribution in [0.2, 0.25) is 0 Å². The van der Waals surface area contributed by atoms with Gasteiger partial charge in [-0.15, -0.1) is 6.42 Å². The number of benzene rings is 1. The molecule has 1 aromatic rings. The average Bonchev–Trinajstić information content (AvgIpc) is 2.79. The van der Waals surface area contributed by atoms with Gasteiger partial charge < -0.3 is 25.0 Å². The van der Waals surface area contributed by atoms with Crippen LogP contribution in [0.1, 0.15) is 65.1 Å². The summed E-state index contributed by atoms with van der Waals surface area (Å²) in [5.41, 5.74) is 0.369. The normalized spacial score (nSPS) is 12.6. The molecule has 0 heterocycles. The summed E-state index contributed by atoms with van der Waals surface area (Å²) in [4.78, 5) is 52.5. The molecular formula is C26H37N3O6S. The molecule has 1 rings (SSSR count). The summed E-state index contributed by atoms with van der Waals surface area (Å²) >= 11 is 4.24. The minimum Gasteiger partial charge on any atom is -0.466 e. The van der Waals surface area contributed by atoms with E-state index in [1.54, 1.807) is 65.8 Å². The Bertz CT molecular complexity index is 950. The number of esters is 1. The van der Waals surface area contributed by atoms with Gasteiger partial charge in [0.25, 0.3) is 0 Å². The van der Waals surface area contributed by atoms with Gasteiger partial charge in [-0.2, -0.15) is 12.6 Å². The maximum atomic E-state index is 13.6. The van der Waals surface area contributed by atoms with Crippen LogP contribution < -0.4 is 10.6 Å². The highest BCUT2D eigenvalue weighted by Crippen LogP contribution is 2.25. The zero-order valence-electron chi connectivity index (χ0n) is 21.8. The number of hydrogen-bond acceptors (Lipinski definition) is 7. The number of hydrogen-bond donors (Lipinski definition) is 3. The van der Waals surface area contributed by atoms with Gasteiger partial charge in [0.1, 0.15) is 17.7 Å². The van der Waals surface area contributed by atoms with Crippen LogP contribution in [0.25, 0.3) is 0 Å². The molecule has 0 aliphatic heterocycles. The van der Waals surface area contributed by atoms with Crippen molar-refractivity contribution in [3.8, 4) is 12.3 Å². The lowest BCUT2D eigenvalue weighted by Crippen LogP contribution is -2.55. The Morgan fingerprint density at radius 1 is 1.14 bits per heavy atom. The van der Waals surface area contributed by atoms with E-state index in [9.17, 15) is 19.2 Å². The lowest BCUT2D eigenvalue weighted by atomic mass is 10.00. The number of thiol groups is 1. The number of amides is 3. The van der Waals surface area contributed by atoms with Gasteiger partial charge in [0, 0.05) is 23.9 Å². The topological polar surface area (TPSA) is 114 Å². The maximum Gasteiger partial charge on any atom is 0.408 e. The maximum absolute atomic E-state index is 13.6. The third-order valence-electron chi connectivity index (χ3n) is 4.84. The number of rotatable bonds is 11. The first-order valence-electron chi connectivity index (χ1n) is 11.8. The predicted molar refractivity (Wildman–Crippen MR) is 140 cm³/mol. The summed E-state index contributed by atoms with van der Waals surface area (Å²) in [6, 6.07) is 4.14. The molecule has 0 saturated heterocycles. The molecule has 198 valence electrons. The van der Waals surface area contributed by atoms with Crippen molar-refractivity contribution >= 4 is 36.5 Å². The minimum atomic E-state index is -1.06. The smallest absolute Gasteiger partial charge is 0.408 e. The zero-order valence-corrected chi connectivity index (χ0v) is 22.7. The average molecular weight is 520 g/mol. The monoisotopic (exact) mass is 519 g/mol. The van der Waals surface area contributed by atoms with Gasteiger partial charge in [0.2, 0.25) is 11.8 Å². The fourth-order valence-electron chi connectivity index (χ4n) is 3.31. The molecule has 2 N–H and O–H groups in total. The van der Waals surface area contributed by atoms with Crippen molar-refractivity contribution < 1.29 is 28.7 Å². The number of ether oxygens (including phenoxy) is 2. The van der Waals surface area contributed by atoms with Crippen LogP contribution in [0, 0.1) is 12.3 Å². The second-order valence-electron chi connectivity index (χ2n) is 9.24. The van der Waals surface area contributed by atoms with Crippen LogP contribution in [0.5, 0.6) is 0 Å². The molecule has 0 aliphatic rings. The number of nitrogens with zero attached hydrogens (tertiary/aromatic N) is 1. The van der Waals surface area contributed by atoms with Gasteiger partial charge in [0.15, 0.2) is 0 Å². The second-order valence-corrected chi connectivity index (χ2v) is 9.60. The number of carbonyl (C=O) groups excluding carboxylic acids is 4. The summed E-state index contributed by atoms with van der Waals surface area (Å²) in [5.74, 6) is 1.05. The van der Waals surface area contributed by atoms with E-state index in [0.717, 1.165) is 0 Å². The van der Waals surface area contributed by atoms with Crippen LogP contribution >= 0.6 is 12.6 Å². The van der Waals surface area contributed by atoms with Gasteiger partial charge in [-0.25, -0.2) is 4.79 Å². The summed E-state index contributed by atoms with van der Waals surface area (Å²) in [6.45, 7) is 10.6. The quantitative estimate of drug-likeness (QED) is 0.235. The van der Waals surface area contributed by atoms with Crippen LogP contribution in [0.4, 0.5) is 4.79 Å². The number of alkyl carbamates (subject to hydrolysis) is 1. The SMILES string of the molecule is C#Cc1ccc(C(C(=O)NCCC(=O)OCC)N(C(=O)C(CS)NC(=O)OC(C)(C)C)C(C)C)cc1. The molecule has 2 unspecified atom stereocenters.